The minimum atomic E-state index is 0.691. The summed E-state index contributed by atoms with van der Waals surface area (Å²) in [7, 11) is 0. The number of rotatable bonds is 4. The molecule has 0 saturated heterocycles. The molecule has 2 aromatic rings. The van der Waals surface area contributed by atoms with Crippen molar-refractivity contribution in [3.8, 4) is 0 Å². The molecule has 0 saturated carbocycles. The molecule has 1 heterocycles. The van der Waals surface area contributed by atoms with Crippen molar-refractivity contribution < 1.29 is 0 Å². The first-order valence-corrected chi connectivity index (χ1v) is 6.18. The Morgan fingerprint density at radius 2 is 1.75 bits per heavy atom. The zero-order chi connectivity index (χ0) is 11.2. The third-order valence-corrected chi connectivity index (χ3v) is 2.72. The fourth-order valence-electron chi connectivity index (χ4n) is 1.37. The topological polar surface area (TPSA) is 37.8 Å². The zero-order valence-electron chi connectivity index (χ0n) is 8.73. The molecule has 16 heavy (non-hydrogen) atoms. The van der Waals surface area contributed by atoms with Crippen molar-refractivity contribution in [2.75, 3.05) is 11.9 Å². The van der Waals surface area contributed by atoms with Crippen molar-refractivity contribution in [3.05, 3.63) is 51.9 Å². The van der Waals surface area contributed by atoms with Crippen LogP contribution in [0.3, 0.4) is 0 Å². The number of halogens is 1. The molecular weight excluding hydrogens is 313 g/mol. The molecule has 4 heteroatoms. The van der Waals surface area contributed by atoms with Gasteiger partial charge in [-0.25, -0.2) is 9.97 Å². The van der Waals surface area contributed by atoms with Gasteiger partial charge in [0, 0.05) is 22.5 Å². The number of nitrogens with one attached hydrogen (secondary N) is 1. The van der Waals surface area contributed by atoms with E-state index >= 15 is 0 Å². The predicted molar refractivity (Wildman–Crippen MR) is 73.4 cm³/mol. The van der Waals surface area contributed by atoms with E-state index in [9.17, 15) is 0 Å². The second kappa shape index (κ2) is 5.79. The van der Waals surface area contributed by atoms with Gasteiger partial charge in [-0.15, -0.1) is 0 Å². The van der Waals surface area contributed by atoms with Crippen LogP contribution in [0.2, 0.25) is 0 Å². The fourth-order valence-corrected chi connectivity index (χ4v) is 1.65. The molecule has 0 spiro atoms. The summed E-state index contributed by atoms with van der Waals surface area (Å²) in [6.07, 6.45) is 4.59. The summed E-state index contributed by atoms with van der Waals surface area (Å²) in [5.41, 5.74) is 1.32. The number of anilines is 1. The Balaban J connectivity index is 1.82. The van der Waals surface area contributed by atoms with Gasteiger partial charge in [-0.1, -0.05) is 30.3 Å². The molecule has 0 atom stereocenters. The molecule has 1 aromatic carbocycles. The summed E-state index contributed by atoms with van der Waals surface area (Å²) >= 11 is 2.19. The van der Waals surface area contributed by atoms with Crippen LogP contribution in [0.4, 0.5) is 5.95 Å². The molecule has 0 fully saturated rings. The van der Waals surface area contributed by atoms with Gasteiger partial charge in [-0.3, -0.25) is 0 Å². The summed E-state index contributed by atoms with van der Waals surface area (Å²) in [4.78, 5) is 8.36. The predicted octanol–water partition coefficient (Wildman–Crippen LogP) is 2.74. The van der Waals surface area contributed by atoms with Crippen molar-refractivity contribution in [1.82, 2.24) is 9.97 Å². The smallest absolute Gasteiger partial charge is 0.222 e. The number of hydrogen-bond acceptors (Lipinski definition) is 3. The summed E-state index contributed by atoms with van der Waals surface area (Å²) < 4.78 is 1.05. The van der Waals surface area contributed by atoms with E-state index in [0.717, 1.165) is 16.5 Å². The van der Waals surface area contributed by atoms with E-state index in [1.165, 1.54) is 5.56 Å². The van der Waals surface area contributed by atoms with E-state index in [1.807, 2.05) is 6.07 Å². The average molecular weight is 325 g/mol. The lowest BCUT2D eigenvalue weighted by Crippen LogP contribution is -2.07. The maximum absolute atomic E-state index is 4.18. The van der Waals surface area contributed by atoms with Gasteiger partial charge in [-0.05, 0) is 34.6 Å². The first-order valence-electron chi connectivity index (χ1n) is 5.10. The SMILES string of the molecule is Ic1cnc(NCCc2ccccc2)nc1. The monoisotopic (exact) mass is 325 g/mol. The Morgan fingerprint density at radius 1 is 1.06 bits per heavy atom. The summed E-state index contributed by atoms with van der Waals surface area (Å²) in [5, 5.41) is 3.19. The molecule has 1 N–H and O–H groups in total. The minimum absolute atomic E-state index is 0.691. The third kappa shape index (κ3) is 3.44. The Kier molecular flexibility index (Phi) is 4.10. The summed E-state index contributed by atoms with van der Waals surface area (Å²) in [5.74, 6) is 0.691. The van der Waals surface area contributed by atoms with Gasteiger partial charge in [0.1, 0.15) is 0 Å². The molecule has 0 unspecified atom stereocenters. The van der Waals surface area contributed by atoms with Crippen molar-refractivity contribution in [3.63, 3.8) is 0 Å². The molecule has 0 aliphatic rings. The van der Waals surface area contributed by atoms with Crippen LogP contribution in [0.5, 0.6) is 0 Å². The van der Waals surface area contributed by atoms with Crippen LogP contribution in [0.1, 0.15) is 5.56 Å². The number of aromatic nitrogens is 2. The second-order valence-electron chi connectivity index (χ2n) is 3.39. The maximum Gasteiger partial charge on any atom is 0.222 e. The van der Waals surface area contributed by atoms with Gasteiger partial charge in [0.2, 0.25) is 5.95 Å². The molecular formula is C12H12IN3. The molecule has 3 nitrogen and oxygen atoms in total. The third-order valence-electron chi connectivity index (χ3n) is 2.16. The highest BCUT2D eigenvalue weighted by molar-refractivity contribution is 14.1. The van der Waals surface area contributed by atoms with Crippen LogP contribution in [0.25, 0.3) is 0 Å². The van der Waals surface area contributed by atoms with E-state index in [-0.39, 0.29) is 0 Å². The average Bonchev–Trinajstić information content (AvgIpc) is 2.33. The van der Waals surface area contributed by atoms with E-state index in [1.54, 1.807) is 12.4 Å². The highest BCUT2D eigenvalue weighted by Crippen LogP contribution is 2.04. The lowest BCUT2D eigenvalue weighted by Gasteiger charge is -2.04. The van der Waals surface area contributed by atoms with E-state index in [0.29, 0.717) is 5.95 Å². The molecule has 0 radical (unpaired) electrons. The number of hydrogen-bond donors (Lipinski definition) is 1. The van der Waals surface area contributed by atoms with Gasteiger partial charge in [0.15, 0.2) is 0 Å². The first kappa shape index (κ1) is 11.3. The Labute approximate surface area is 108 Å². The fraction of sp³-hybridized carbons (Fsp3) is 0.167. The van der Waals surface area contributed by atoms with Crippen LogP contribution < -0.4 is 5.32 Å². The van der Waals surface area contributed by atoms with E-state index in [2.05, 4.69) is 62.1 Å². The van der Waals surface area contributed by atoms with Gasteiger partial charge in [0.05, 0.1) is 0 Å². The minimum Gasteiger partial charge on any atom is -0.354 e. The zero-order valence-corrected chi connectivity index (χ0v) is 10.9. The molecule has 2 rings (SSSR count). The highest BCUT2D eigenvalue weighted by atomic mass is 127. The largest absolute Gasteiger partial charge is 0.354 e. The van der Waals surface area contributed by atoms with Gasteiger partial charge < -0.3 is 5.32 Å². The first-order chi connectivity index (χ1) is 7.84. The summed E-state index contributed by atoms with van der Waals surface area (Å²) in [6.45, 7) is 0.852. The number of benzene rings is 1. The maximum atomic E-state index is 4.18. The quantitative estimate of drug-likeness (QED) is 0.879. The van der Waals surface area contributed by atoms with Crippen LogP contribution in [-0.4, -0.2) is 16.5 Å². The Morgan fingerprint density at radius 3 is 2.44 bits per heavy atom. The van der Waals surface area contributed by atoms with Crippen LogP contribution >= 0.6 is 22.6 Å². The van der Waals surface area contributed by atoms with Crippen molar-refractivity contribution in [2.24, 2.45) is 0 Å². The normalized spacial score (nSPS) is 10.1. The van der Waals surface area contributed by atoms with Crippen LogP contribution in [-0.2, 0) is 6.42 Å². The van der Waals surface area contributed by atoms with Crippen molar-refractivity contribution in [1.29, 1.82) is 0 Å². The Hall–Kier alpha value is -1.17. The lowest BCUT2D eigenvalue weighted by atomic mass is 10.1. The molecule has 0 bridgehead atoms. The lowest BCUT2D eigenvalue weighted by molar-refractivity contribution is 0.981. The van der Waals surface area contributed by atoms with Gasteiger partial charge >= 0.3 is 0 Å². The highest BCUT2D eigenvalue weighted by Gasteiger charge is 1.95. The van der Waals surface area contributed by atoms with Crippen molar-refractivity contribution in [2.45, 2.75) is 6.42 Å². The molecule has 1 aromatic heterocycles. The molecule has 0 aliphatic heterocycles. The van der Waals surface area contributed by atoms with E-state index in [4.69, 9.17) is 0 Å². The van der Waals surface area contributed by atoms with Crippen LogP contribution in [0, 0.1) is 3.57 Å². The Bertz CT molecular complexity index is 428. The summed E-state index contributed by atoms with van der Waals surface area (Å²) in [6, 6.07) is 10.4. The van der Waals surface area contributed by atoms with E-state index < -0.39 is 0 Å². The molecule has 0 amide bonds. The van der Waals surface area contributed by atoms with Gasteiger partial charge in [-0.2, -0.15) is 0 Å². The standard InChI is InChI=1S/C12H12IN3/c13-11-8-15-12(16-9-11)14-7-6-10-4-2-1-3-5-10/h1-5,8-9H,6-7H2,(H,14,15,16). The number of nitrogens with zero attached hydrogens (tertiary/aromatic N) is 2. The van der Waals surface area contributed by atoms with Gasteiger partial charge in [0.25, 0.3) is 0 Å². The molecule has 0 aliphatic carbocycles. The second-order valence-corrected chi connectivity index (χ2v) is 4.63. The van der Waals surface area contributed by atoms with Crippen molar-refractivity contribution >= 4 is 28.5 Å². The molecule has 82 valence electrons. The van der Waals surface area contributed by atoms with Crippen LogP contribution in [0.15, 0.2) is 42.7 Å².